The lowest BCUT2D eigenvalue weighted by molar-refractivity contribution is 0.298. The molecule has 2 heteroatoms. The Morgan fingerprint density at radius 2 is 2.17 bits per heavy atom. The summed E-state index contributed by atoms with van der Waals surface area (Å²) < 4.78 is 0. The summed E-state index contributed by atoms with van der Waals surface area (Å²) in [6, 6.07) is 0. The van der Waals surface area contributed by atoms with Crippen molar-refractivity contribution >= 4 is 15.9 Å². The fourth-order valence-corrected chi connectivity index (χ4v) is 2.48. The van der Waals surface area contributed by atoms with Crippen LogP contribution in [-0.2, 0) is 0 Å². The van der Waals surface area contributed by atoms with E-state index in [1.165, 1.54) is 45.3 Å². The van der Waals surface area contributed by atoms with E-state index in [1.54, 1.807) is 0 Å². The first-order chi connectivity index (χ1) is 5.86. The number of hydrogen-bond donors (Lipinski definition) is 0. The van der Waals surface area contributed by atoms with Crippen LogP contribution in [0.1, 0.15) is 32.6 Å². The summed E-state index contributed by atoms with van der Waals surface area (Å²) in [5, 5.41) is 1.13. The van der Waals surface area contributed by atoms with Gasteiger partial charge in [0.25, 0.3) is 0 Å². The normalized spacial score (nSPS) is 27.0. The molecule has 72 valence electrons. The van der Waals surface area contributed by atoms with Crippen molar-refractivity contribution in [1.82, 2.24) is 4.90 Å². The third-order valence-corrected chi connectivity index (χ3v) is 3.27. The SMILES string of the molecule is CCC1CCCN(CCBr)CC1. The van der Waals surface area contributed by atoms with E-state index in [1.807, 2.05) is 0 Å². The van der Waals surface area contributed by atoms with E-state index in [2.05, 4.69) is 27.8 Å². The first-order valence-electron chi connectivity index (χ1n) is 5.15. The van der Waals surface area contributed by atoms with Crippen LogP contribution in [-0.4, -0.2) is 29.9 Å². The summed E-state index contributed by atoms with van der Waals surface area (Å²) in [5.74, 6) is 1.00. The maximum atomic E-state index is 3.50. The van der Waals surface area contributed by atoms with Crippen molar-refractivity contribution in [3.05, 3.63) is 0 Å². The lowest BCUT2D eigenvalue weighted by Gasteiger charge is -2.18. The van der Waals surface area contributed by atoms with Gasteiger partial charge in [-0.05, 0) is 38.3 Å². The minimum Gasteiger partial charge on any atom is -0.302 e. The Bertz CT molecular complexity index is 116. The Hall–Kier alpha value is 0.440. The van der Waals surface area contributed by atoms with Crippen LogP contribution < -0.4 is 0 Å². The predicted octanol–water partition coefficient (Wildman–Crippen LogP) is 2.89. The molecule has 0 radical (unpaired) electrons. The van der Waals surface area contributed by atoms with Crippen molar-refractivity contribution < 1.29 is 0 Å². The number of hydrogen-bond acceptors (Lipinski definition) is 1. The van der Waals surface area contributed by atoms with Crippen molar-refractivity contribution in [2.24, 2.45) is 5.92 Å². The molecule has 1 atom stereocenters. The molecule has 0 spiro atoms. The van der Waals surface area contributed by atoms with Crippen LogP contribution >= 0.6 is 15.9 Å². The molecule has 0 aromatic rings. The van der Waals surface area contributed by atoms with E-state index < -0.39 is 0 Å². The smallest absolute Gasteiger partial charge is 0.0159 e. The topological polar surface area (TPSA) is 3.24 Å². The van der Waals surface area contributed by atoms with Gasteiger partial charge < -0.3 is 4.90 Å². The highest BCUT2D eigenvalue weighted by molar-refractivity contribution is 9.09. The summed E-state index contributed by atoms with van der Waals surface area (Å²) in [4.78, 5) is 2.59. The highest BCUT2D eigenvalue weighted by Gasteiger charge is 2.14. The highest BCUT2D eigenvalue weighted by Crippen LogP contribution is 2.19. The number of halogens is 1. The molecule has 0 aromatic carbocycles. The fraction of sp³-hybridized carbons (Fsp3) is 1.00. The third-order valence-electron chi connectivity index (χ3n) is 2.92. The van der Waals surface area contributed by atoms with Crippen LogP contribution in [0.15, 0.2) is 0 Å². The van der Waals surface area contributed by atoms with Gasteiger partial charge in [-0.15, -0.1) is 0 Å². The second-order valence-corrected chi connectivity index (χ2v) is 4.53. The first kappa shape index (κ1) is 10.5. The lowest BCUT2D eigenvalue weighted by atomic mass is 9.98. The van der Waals surface area contributed by atoms with Crippen molar-refractivity contribution in [2.75, 3.05) is 25.0 Å². The quantitative estimate of drug-likeness (QED) is 0.679. The van der Waals surface area contributed by atoms with Crippen molar-refractivity contribution in [1.29, 1.82) is 0 Å². The van der Waals surface area contributed by atoms with Crippen LogP contribution in [0.25, 0.3) is 0 Å². The number of alkyl halides is 1. The van der Waals surface area contributed by atoms with Gasteiger partial charge >= 0.3 is 0 Å². The van der Waals surface area contributed by atoms with Crippen molar-refractivity contribution in [3.63, 3.8) is 0 Å². The van der Waals surface area contributed by atoms with Gasteiger partial charge in [-0.3, -0.25) is 0 Å². The van der Waals surface area contributed by atoms with Gasteiger partial charge in [0.15, 0.2) is 0 Å². The number of nitrogens with zero attached hydrogens (tertiary/aromatic N) is 1. The molecule has 1 nitrogen and oxygen atoms in total. The predicted molar refractivity (Wildman–Crippen MR) is 57.9 cm³/mol. The van der Waals surface area contributed by atoms with Crippen LogP contribution in [0.3, 0.4) is 0 Å². The second-order valence-electron chi connectivity index (χ2n) is 3.74. The maximum absolute atomic E-state index is 3.50. The average molecular weight is 234 g/mol. The molecular weight excluding hydrogens is 214 g/mol. The van der Waals surface area contributed by atoms with Gasteiger partial charge in [0.2, 0.25) is 0 Å². The summed E-state index contributed by atoms with van der Waals surface area (Å²) in [5.41, 5.74) is 0. The van der Waals surface area contributed by atoms with E-state index in [0.717, 1.165) is 11.2 Å². The molecule has 1 aliphatic rings. The van der Waals surface area contributed by atoms with Crippen LogP contribution in [0, 0.1) is 5.92 Å². The lowest BCUT2D eigenvalue weighted by Crippen LogP contribution is -2.26. The van der Waals surface area contributed by atoms with Crippen LogP contribution in [0.4, 0.5) is 0 Å². The van der Waals surface area contributed by atoms with Crippen LogP contribution in [0.2, 0.25) is 0 Å². The summed E-state index contributed by atoms with van der Waals surface area (Å²) in [7, 11) is 0. The van der Waals surface area contributed by atoms with Gasteiger partial charge in [-0.2, -0.15) is 0 Å². The van der Waals surface area contributed by atoms with Gasteiger partial charge in [0.05, 0.1) is 0 Å². The molecular formula is C10H20BrN. The average Bonchev–Trinajstić information content (AvgIpc) is 2.31. The molecule has 1 fully saturated rings. The zero-order valence-corrected chi connectivity index (χ0v) is 9.65. The molecule has 0 bridgehead atoms. The summed E-state index contributed by atoms with van der Waals surface area (Å²) >= 11 is 3.50. The third kappa shape index (κ3) is 3.44. The molecule has 0 saturated carbocycles. The van der Waals surface area contributed by atoms with Gasteiger partial charge in [-0.25, -0.2) is 0 Å². The molecule has 1 saturated heterocycles. The van der Waals surface area contributed by atoms with E-state index in [4.69, 9.17) is 0 Å². The Balaban J connectivity index is 2.24. The Morgan fingerprint density at radius 3 is 2.83 bits per heavy atom. The molecule has 0 N–H and O–H groups in total. The molecule has 0 aliphatic carbocycles. The Morgan fingerprint density at radius 1 is 1.33 bits per heavy atom. The Labute approximate surface area is 84.6 Å². The molecule has 1 unspecified atom stereocenters. The van der Waals surface area contributed by atoms with E-state index in [9.17, 15) is 0 Å². The van der Waals surface area contributed by atoms with Crippen molar-refractivity contribution in [2.45, 2.75) is 32.6 Å². The Kier molecular flexibility index (Phi) is 5.24. The molecule has 1 aliphatic heterocycles. The van der Waals surface area contributed by atoms with E-state index in [0.29, 0.717) is 0 Å². The maximum Gasteiger partial charge on any atom is 0.0159 e. The van der Waals surface area contributed by atoms with Crippen LogP contribution in [0.5, 0.6) is 0 Å². The number of likely N-dealkylation sites (tertiary alicyclic amines) is 1. The van der Waals surface area contributed by atoms with E-state index >= 15 is 0 Å². The second kappa shape index (κ2) is 5.98. The summed E-state index contributed by atoms with van der Waals surface area (Å²) in [6.45, 7) is 6.20. The molecule has 1 rings (SSSR count). The molecule has 1 heterocycles. The van der Waals surface area contributed by atoms with E-state index in [-0.39, 0.29) is 0 Å². The largest absolute Gasteiger partial charge is 0.302 e. The summed E-state index contributed by atoms with van der Waals surface area (Å²) in [6.07, 6.45) is 5.66. The minimum absolute atomic E-state index is 1.00. The molecule has 12 heavy (non-hydrogen) atoms. The highest BCUT2D eigenvalue weighted by atomic mass is 79.9. The van der Waals surface area contributed by atoms with Gasteiger partial charge in [-0.1, -0.05) is 29.3 Å². The first-order valence-corrected chi connectivity index (χ1v) is 6.27. The zero-order chi connectivity index (χ0) is 8.81. The monoisotopic (exact) mass is 233 g/mol. The van der Waals surface area contributed by atoms with Crippen molar-refractivity contribution in [3.8, 4) is 0 Å². The van der Waals surface area contributed by atoms with Gasteiger partial charge in [0.1, 0.15) is 0 Å². The minimum atomic E-state index is 1.00. The standard InChI is InChI=1S/C10H20BrN/c1-2-10-4-3-7-12(8-5-10)9-6-11/h10H,2-9H2,1H3. The fourth-order valence-electron chi connectivity index (χ4n) is 1.98. The zero-order valence-electron chi connectivity index (χ0n) is 8.06. The van der Waals surface area contributed by atoms with Gasteiger partial charge in [0, 0.05) is 11.9 Å². The molecule has 0 amide bonds. The number of rotatable bonds is 3. The molecule has 0 aromatic heterocycles.